The average molecular weight is 242 g/mol. The Hall–Kier alpha value is 0. The second kappa shape index (κ2) is 9.00. The van der Waals surface area contributed by atoms with Crippen molar-refractivity contribution in [3.05, 3.63) is 0 Å². The van der Waals surface area contributed by atoms with Crippen molar-refractivity contribution < 1.29 is 0 Å². The Balaban J connectivity index is 0. The van der Waals surface area contributed by atoms with Crippen LogP contribution in [0.25, 0.3) is 0 Å². The smallest absolute Gasteiger partial charge is 0.0354 e. The molecule has 0 heteroatoms. The van der Waals surface area contributed by atoms with Crippen LogP contribution in [0.2, 0.25) is 0 Å². The standard InChI is InChI=1S/C10H20.C5H12.C2H6/c1-10(2,3)9-7-5-4-6-8-9;1-5(2,3)4;1-2/h9H,4-8H2,1-3H3;1-4H3;1-2H3. The molecule has 0 aromatic heterocycles. The van der Waals surface area contributed by atoms with Crippen molar-refractivity contribution in [2.45, 2.75) is 94.4 Å². The van der Waals surface area contributed by atoms with Crippen molar-refractivity contribution in [3.8, 4) is 0 Å². The molecule has 1 aliphatic carbocycles. The van der Waals surface area contributed by atoms with Gasteiger partial charge in [0.2, 0.25) is 0 Å². The summed E-state index contributed by atoms with van der Waals surface area (Å²) in [6, 6.07) is 0. The molecule has 106 valence electrons. The molecule has 0 aromatic carbocycles. The zero-order valence-electron chi connectivity index (χ0n) is 14.1. The van der Waals surface area contributed by atoms with Gasteiger partial charge in [0.1, 0.15) is 0 Å². The highest BCUT2D eigenvalue weighted by atomic mass is 14.3. The molecule has 0 saturated heterocycles. The molecule has 0 aromatic rings. The van der Waals surface area contributed by atoms with Crippen molar-refractivity contribution >= 4 is 0 Å². The minimum absolute atomic E-state index is 0.500. The van der Waals surface area contributed by atoms with E-state index < -0.39 is 0 Å². The van der Waals surface area contributed by atoms with Crippen LogP contribution in [0.15, 0.2) is 0 Å². The summed E-state index contributed by atoms with van der Waals surface area (Å²) in [6.07, 6.45) is 7.38. The van der Waals surface area contributed by atoms with Crippen LogP contribution in [-0.4, -0.2) is 0 Å². The minimum atomic E-state index is 0.500. The first kappa shape index (κ1) is 19.3. The molecule has 1 saturated carbocycles. The van der Waals surface area contributed by atoms with Gasteiger partial charge in [-0.15, -0.1) is 0 Å². The summed E-state index contributed by atoms with van der Waals surface area (Å²) in [4.78, 5) is 0. The van der Waals surface area contributed by atoms with E-state index in [0.29, 0.717) is 10.8 Å². The van der Waals surface area contributed by atoms with E-state index in [-0.39, 0.29) is 0 Å². The topological polar surface area (TPSA) is 0 Å². The van der Waals surface area contributed by atoms with Crippen LogP contribution in [0.4, 0.5) is 0 Å². The Morgan fingerprint density at radius 2 is 0.941 bits per heavy atom. The Bertz CT molecular complexity index is 142. The van der Waals surface area contributed by atoms with Crippen molar-refractivity contribution in [3.63, 3.8) is 0 Å². The highest BCUT2D eigenvalue weighted by Crippen LogP contribution is 2.37. The highest BCUT2D eigenvalue weighted by molar-refractivity contribution is 4.76. The first-order valence-electron chi connectivity index (χ1n) is 7.61. The third-order valence-corrected chi connectivity index (χ3v) is 2.83. The maximum absolute atomic E-state index is 2.38. The van der Waals surface area contributed by atoms with Crippen LogP contribution >= 0.6 is 0 Å². The lowest BCUT2D eigenvalue weighted by atomic mass is 9.72. The first-order valence-corrected chi connectivity index (χ1v) is 7.61. The van der Waals surface area contributed by atoms with Crippen LogP contribution in [0.3, 0.4) is 0 Å². The van der Waals surface area contributed by atoms with E-state index in [1.54, 1.807) is 0 Å². The molecule has 0 aliphatic heterocycles. The summed E-state index contributed by atoms with van der Waals surface area (Å²) >= 11 is 0. The normalized spacial score (nSPS) is 17.5. The Labute approximate surface area is 112 Å². The van der Waals surface area contributed by atoms with Gasteiger partial charge < -0.3 is 0 Å². The van der Waals surface area contributed by atoms with Crippen LogP contribution in [-0.2, 0) is 0 Å². The number of rotatable bonds is 0. The molecule has 0 atom stereocenters. The molecular formula is C17H38. The molecule has 1 rings (SSSR count). The fourth-order valence-electron chi connectivity index (χ4n) is 1.97. The Kier molecular flexibility index (Phi) is 10.2. The molecule has 0 nitrogen and oxygen atoms in total. The van der Waals surface area contributed by atoms with E-state index in [0.717, 1.165) is 5.92 Å². The molecular weight excluding hydrogens is 204 g/mol. The van der Waals surface area contributed by atoms with E-state index in [1.165, 1.54) is 32.1 Å². The fraction of sp³-hybridized carbons (Fsp3) is 1.00. The van der Waals surface area contributed by atoms with Gasteiger partial charge in [0, 0.05) is 0 Å². The second-order valence-corrected chi connectivity index (χ2v) is 7.70. The van der Waals surface area contributed by atoms with E-state index in [2.05, 4.69) is 48.5 Å². The van der Waals surface area contributed by atoms with Gasteiger partial charge in [-0.25, -0.2) is 0 Å². The molecule has 0 heterocycles. The predicted molar refractivity (Wildman–Crippen MR) is 82.5 cm³/mol. The third kappa shape index (κ3) is 16.0. The van der Waals surface area contributed by atoms with Gasteiger partial charge >= 0.3 is 0 Å². The van der Waals surface area contributed by atoms with Crippen LogP contribution in [0.1, 0.15) is 94.4 Å². The summed E-state index contributed by atoms with van der Waals surface area (Å²) < 4.78 is 0. The lowest BCUT2D eigenvalue weighted by Crippen LogP contribution is -2.22. The van der Waals surface area contributed by atoms with Crippen molar-refractivity contribution in [1.29, 1.82) is 0 Å². The maximum Gasteiger partial charge on any atom is -0.0354 e. The van der Waals surface area contributed by atoms with Gasteiger partial charge in [0.05, 0.1) is 0 Å². The lowest BCUT2D eigenvalue weighted by Gasteiger charge is -2.33. The quantitative estimate of drug-likeness (QED) is 0.444. The molecule has 17 heavy (non-hydrogen) atoms. The molecule has 0 bridgehead atoms. The summed E-state index contributed by atoms with van der Waals surface area (Å²) in [5.41, 5.74) is 1.07. The lowest BCUT2D eigenvalue weighted by molar-refractivity contribution is 0.180. The first-order chi connectivity index (χ1) is 7.61. The van der Waals surface area contributed by atoms with Crippen molar-refractivity contribution in [1.82, 2.24) is 0 Å². The summed E-state index contributed by atoms with van der Waals surface area (Å²) in [5.74, 6) is 1.00. The van der Waals surface area contributed by atoms with Gasteiger partial charge in [-0.05, 0) is 29.6 Å². The van der Waals surface area contributed by atoms with Gasteiger partial charge in [-0.2, -0.15) is 0 Å². The molecule has 0 unspecified atom stereocenters. The van der Waals surface area contributed by atoms with Crippen LogP contribution < -0.4 is 0 Å². The third-order valence-electron chi connectivity index (χ3n) is 2.83. The van der Waals surface area contributed by atoms with Crippen LogP contribution in [0, 0.1) is 16.7 Å². The van der Waals surface area contributed by atoms with Crippen molar-refractivity contribution in [2.24, 2.45) is 16.7 Å². The van der Waals surface area contributed by atoms with E-state index in [9.17, 15) is 0 Å². The zero-order valence-corrected chi connectivity index (χ0v) is 14.1. The molecule has 0 N–H and O–H groups in total. The number of hydrogen-bond acceptors (Lipinski definition) is 0. The van der Waals surface area contributed by atoms with Gasteiger partial charge in [0.25, 0.3) is 0 Å². The fourth-order valence-corrected chi connectivity index (χ4v) is 1.97. The predicted octanol–water partition coefficient (Wildman–Crippen LogP) is 6.69. The molecule has 0 amide bonds. The molecule has 0 spiro atoms. The average Bonchev–Trinajstić information content (AvgIpc) is 2.18. The summed E-state index contributed by atoms with van der Waals surface area (Å²) in [7, 11) is 0. The summed E-state index contributed by atoms with van der Waals surface area (Å²) in [5, 5.41) is 0. The second-order valence-electron chi connectivity index (χ2n) is 7.70. The Morgan fingerprint density at radius 3 is 1.12 bits per heavy atom. The van der Waals surface area contributed by atoms with Crippen LogP contribution in [0.5, 0.6) is 0 Å². The highest BCUT2D eigenvalue weighted by Gasteiger charge is 2.25. The van der Waals surface area contributed by atoms with Gasteiger partial charge in [-0.3, -0.25) is 0 Å². The van der Waals surface area contributed by atoms with E-state index >= 15 is 0 Å². The monoisotopic (exact) mass is 242 g/mol. The number of hydrogen-bond donors (Lipinski definition) is 0. The Morgan fingerprint density at radius 1 is 0.647 bits per heavy atom. The molecule has 1 fully saturated rings. The zero-order chi connectivity index (χ0) is 14.1. The largest absolute Gasteiger partial charge is 0.0683 e. The molecule has 1 aliphatic rings. The van der Waals surface area contributed by atoms with E-state index in [4.69, 9.17) is 0 Å². The van der Waals surface area contributed by atoms with Crippen molar-refractivity contribution in [2.75, 3.05) is 0 Å². The van der Waals surface area contributed by atoms with E-state index in [1.807, 2.05) is 13.8 Å². The maximum atomic E-state index is 2.38. The van der Waals surface area contributed by atoms with Gasteiger partial charge in [0.15, 0.2) is 0 Å². The molecule has 0 radical (unpaired) electrons. The van der Waals surface area contributed by atoms with Gasteiger partial charge in [-0.1, -0.05) is 81.6 Å². The SMILES string of the molecule is CC.CC(C)(C)C.CC(C)(C)C1CCCCC1. The minimum Gasteiger partial charge on any atom is -0.0683 e. The summed E-state index contributed by atoms with van der Waals surface area (Å²) in [6.45, 7) is 19.9.